The molecule has 1 aliphatic rings. The van der Waals surface area contributed by atoms with Crippen molar-refractivity contribution in [3.63, 3.8) is 0 Å². The van der Waals surface area contributed by atoms with E-state index >= 15 is 0 Å². The van der Waals surface area contributed by atoms with Crippen LogP contribution in [0.3, 0.4) is 0 Å². The van der Waals surface area contributed by atoms with Crippen LogP contribution in [0.15, 0.2) is 76.6 Å². The number of amidine groups is 1. The Labute approximate surface area is 211 Å². The van der Waals surface area contributed by atoms with E-state index in [-0.39, 0.29) is 23.6 Å². The molecule has 1 heterocycles. The number of amides is 1. The van der Waals surface area contributed by atoms with Gasteiger partial charge in [0.15, 0.2) is 5.17 Å². The van der Waals surface area contributed by atoms with E-state index in [2.05, 4.69) is 4.99 Å². The highest BCUT2D eigenvalue weighted by Gasteiger charge is 2.30. The number of aliphatic imine (C=N–C) groups is 1. The maximum absolute atomic E-state index is 12.9. The molecule has 2 N–H and O–H groups in total. The zero-order chi connectivity index (χ0) is 25.8. The lowest BCUT2D eigenvalue weighted by Crippen LogP contribution is -2.23. The number of carboxylic acids is 2. The van der Waals surface area contributed by atoms with E-state index in [0.717, 1.165) is 5.56 Å². The Hall–Kier alpha value is -4.37. The van der Waals surface area contributed by atoms with Gasteiger partial charge >= 0.3 is 11.9 Å². The first-order chi connectivity index (χ1) is 17.2. The number of carbonyl (C=O) groups is 3. The average Bonchev–Trinajstić information content (AvgIpc) is 3.12. The molecule has 1 saturated heterocycles. The number of para-hydroxylation sites is 1. The number of carbonyl (C=O) groups excluding carboxylic acids is 1. The minimum absolute atomic E-state index is 0.176. The molecule has 0 aromatic heterocycles. The van der Waals surface area contributed by atoms with Gasteiger partial charge in [-0.2, -0.15) is 0 Å². The molecule has 1 aliphatic heterocycles. The van der Waals surface area contributed by atoms with Gasteiger partial charge < -0.3 is 14.9 Å². The predicted molar refractivity (Wildman–Crippen MR) is 138 cm³/mol. The number of rotatable bonds is 7. The molecule has 36 heavy (non-hydrogen) atoms. The van der Waals surface area contributed by atoms with Gasteiger partial charge in [-0.05, 0) is 72.3 Å². The summed E-state index contributed by atoms with van der Waals surface area (Å²) in [5.74, 6) is -1.63. The number of thioether (sulfide) groups is 1. The molecule has 0 aliphatic carbocycles. The quantitative estimate of drug-likeness (QED) is 0.426. The fraction of sp³-hybridized carbons (Fsp3) is 0.111. The summed E-state index contributed by atoms with van der Waals surface area (Å²) in [7, 11) is 1.64. The summed E-state index contributed by atoms with van der Waals surface area (Å²) in [5.41, 5.74) is 3.18. The number of aryl methyl sites for hydroxylation is 1. The van der Waals surface area contributed by atoms with E-state index < -0.39 is 11.9 Å². The highest BCUT2D eigenvalue weighted by atomic mass is 32.2. The predicted octanol–water partition coefficient (Wildman–Crippen LogP) is 5.20. The molecule has 9 heteroatoms. The summed E-state index contributed by atoms with van der Waals surface area (Å²) in [5, 5.41) is 18.7. The van der Waals surface area contributed by atoms with Crippen LogP contribution < -0.4 is 4.74 Å². The Morgan fingerprint density at radius 2 is 1.67 bits per heavy atom. The third-order valence-electron chi connectivity index (χ3n) is 5.46. The Morgan fingerprint density at radius 3 is 2.33 bits per heavy atom. The number of aromatic carboxylic acids is 2. The monoisotopic (exact) mass is 502 g/mol. The Balaban J connectivity index is 1.54. The van der Waals surface area contributed by atoms with Crippen LogP contribution in [0.2, 0.25) is 0 Å². The van der Waals surface area contributed by atoms with Crippen molar-refractivity contribution in [1.82, 2.24) is 4.90 Å². The molecule has 8 nitrogen and oxygen atoms in total. The first-order valence-electron chi connectivity index (χ1n) is 10.9. The second-order valence-electron chi connectivity index (χ2n) is 8.00. The number of nitrogens with zero attached hydrogens (tertiary/aromatic N) is 2. The molecule has 0 unspecified atom stereocenters. The molecule has 4 rings (SSSR count). The third kappa shape index (κ3) is 5.47. The van der Waals surface area contributed by atoms with Crippen molar-refractivity contribution < 1.29 is 29.3 Å². The Bertz CT molecular complexity index is 1410. The zero-order valence-corrected chi connectivity index (χ0v) is 20.3. The lowest BCUT2D eigenvalue weighted by molar-refractivity contribution is -0.121. The average molecular weight is 503 g/mol. The molecule has 3 aromatic rings. The molecule has 1 amide bonds. The van der Waals surface area contributed by atoms with Gasteiger partial charge in [-0.25, -0.2) is 14.6 Å². The van der Waals surface area contributed by atoms with Crippen LogP contribution in [-0.4, -0.2) is 45.2 Å². The van der Waals surface area contributed by atoms with Gasteiger partial charge in [-0.15, -0.1) is 0 Å². The van der Waals surface area contributed by atoms with E-state index in [0.29, 0.717) is 32.6 Å². The molecule has 3 aromatic carbocycles. The van der Waals surface area contributed by atoms with E-state index in [1.165, 1.54) is 34.9 Å². The maximum Gasteiger partial charge on any atom is 0.335 e. The summed E-state index contributed by atoms with van der Waals surface area (Å²) >= 11 is 1.22. The molecule has 0 atom stereocenters. The van der Waals surface area contributed by atoms with Crippen LogP contribution >= 0.6 is 11.8 Å². The van der Waals surface area contributed by atoms with Crippen molar-refractivity contribution in [3.8, 4) is 5.75 Å². The molecule has 0 saturated carbocycles. The number of hydrogen-bond acceptors (Lipinski definition) is 6. The fourth-order valence-corrected chi connectivity index (χ4v) is 4.42. The van der Waals surface area contributed by atoms with Crippen LogP contribution in [0.4, 0.5) is 5.69 Å². The number of ether oxygens (including phenoxy) is 1. The summed E-state index contributed by atoms with van der Waals surface area (Å²) in [4.78, 5) is 41.6. The molecule has 1 fully saturated rings. The summed E-state index contributed by atoms with van der Waals surface area (Å²) in [6.07, 6.45) is 1.75. The second-order valence-corrected chi connectivity index (χ2v) is 9.01. The highest BCUT2D eigenvalue weighted by molar-refractivity contribution is 8.18. The van der Waals surface area contributed by atoms with E-state index in [9.17, 15) is 14.4 Å². The number of benzene rings is 3. The standard InChI is InChI=1S/C27H22N2O6S/c1-16-13-20(26(33)34)11-12-21(16)28-27-29(2)24(30)23(36-27)14-19-5-3-4-6-22(19)35-15-17-7-9-18(10-8-17)25(31)32/h3-14H,15H2,1-2H3,(H,31,32)(H,33,34)/b23-14-,28-27?. The van der Waals surface area contributed by atoms with Crippen LogP contribution in [0, 0.1) is 6.92 Å². The summed E-state index contributed by atoms with van der Waals surface area (Å²) in [6, 6.07) is 18.4. The van der Waals surface area contributed by atoms with Crippen molar-refractivity contribution in [2.75, 3.05) is 7.05 Å². The second kappa shape index (κ2) is 10.5. The lowest BCUT2D eigenvalue weighted by atomic mass is 10.1. The Morgan fingerprint density at radius 1 is 1.00 bits per heavy atom. The maximum atomic E-state index is 12.9. The first kappa shape index (κ1) is 24.7. The molecular formula is C27H22N2O6S. The van der Waals surface area contributed by atoms with Crippen molar-refractivity contribution in [3.05, 3.63) is 99.5 Å². The summed E-state index contributed by atoms with van der Waals surface area (Å²) in [6.45, 7) is 2.01. The minimum atomic E-state index is -1.01. The van der Waals surface area contributed by atoms with Gasteiger partial charge in [0.1, 0.15) is 12.4 Å². The van der Waals surface area contributed by atoms with E-state index in [4.69, 9.17) is 14.9 Å². The molecule has 0 spiro atoms. The molecule has 0 bridgehead atoms. The topological polar surface area (TPSA) is 117 Å². The fourth-order valence-electron chi connectivity index (χ4n) is 3.45. The van der Waals surface area contributed by atoms with E-state index in [1.54, 1.807) is 50.4 Å². The highest BCUT2D eigenvalue weighted by Crippen LogP contribution is 2.35. The van der Waals surface area contributed by atoms with Crippen LogP contribution in [-0.2, 0) is 11.4 Å². The molecular weight excluding hydrogens is 480 g/mol. The smallest absolute Gasteiger partial charge is 0.335 e. The van der Waals surface area contributed by atoms with Gasteiger partial charge in [-0.3, -0.25) is 9.69 Å². The van der Waals surface area contributed by atoms with Crippen LogP contribution in [0.5, 0.6) is 5.75 Å². The van der Waals surface area contributed by atoms with Crippen molar-refractivity contribution in [2.24, 2.45) is 4.99 Å². The van der Waals surface area contributed by atoms with Crippen LogP contribution in [0.25, 0.3) is 6.08 Å². The number of carboxylic acid groups (broad SMARTS) is 2. The zero-order valence-electron chi connectivity index (χ0n) is 19.5. The number of hydrogen-bond donors (Lipinski definition) is 2. The third-order valence-corrected chi connectivity index (χ3v) is 6.52. The van der Waals surface area contributed by atoms with Crippen molar-refractivity contribution in [1.29, 1.82) is 0 Å². The lowest BCUT2D eigenvalue weighted by Gasteiger charge is -2.10. The van der Waals surface area contributed by atoms with Crippen molar-refractivity contribution in [2.45, 2.75) is 13.5 Å². The van der Waals surface area contributed by atoms with Gasteiger partial charge in [0.05, 0.1) is 21.7 Å². The van der Waals surface area contributed by atoms with Crippen molar-refractivity contribution >= 4 is 46.5 Å². The minimum Gasteiger partial charge on any atom is -0.488 e. The first-order valence-corrected chi connectivity index (χ1v) is 11.7. The van der Waals surface area contributed by atoms with Crippen LogP contribution in [0.1, 0.15) is 37.4 Å². The Kier molecular flexibility index (Phi) is 7.21. The van der Waals surface area contributed by atoms with E-state index in [1.807, 2.05) is 18.2 Å². The summed E-state index contributed by atoms with van der Waals surface area (Å²) < 4.78 is 5.96. The molecule has 0 radical (unpaired) electrons. The van der Waals surface area contributed by atoms with Gasteiger partial charge in [0.2, 0.25) is 0 Å². The number of likely N-dealkylation sites (N-methyl/N-ethyl adjacent to an activating group) is 1. The normalized spacial score (nSPS) is 15.5. The molecule has 182 valence electrons. The van der Waals surface area contributed by atoms with Gasteiger partial charge in [-0.1, -0.05) is 30.3 Å². The van der Waals surface area contributed by atoms with Gasteiger partial charge in [0.25, 0.3) is 5.91 Å². The van der Waals surface area contributed by atoms with Gasteiger partial charge in [0, 0.05) is 12.6 Å². The largest absolute Gasteiger partial charge is 0.488 e. The SMILES string of the molecule is Cc1cc(C(=O)O)ccc1N=C1S/C(=C\c2ccccc2OCc2ccc(C(=O)O)cc2)C(=O)N1C.